The maximum Gasteiger partial charge on any atom is 0.194 e. The van der Waals surface area contributed by atoms with Gasteiger partial charge in [0, 0.05) is 44.0 Å². The number of morpholine rings is 1. The Bertz CT molecular complexity index is 582. The average molecular weight is 348 g/mol. The molecule has 1 N–H and O–H groups in total. The second kappa shape index (κ2) is 8.19. The first-order valence-corrected chi connectivity index (χ1v) is 9.43. The van der Waals surface area contributed by atoms with Crippen LogP contribution in [0.1, 0.15) is 38.4 Å². The Hall–Kier alpha value is -1.60. The van der Waals surface area contributed by atoms with Gasteiger partial charge in [-0.05, 0) is 33.7 Å². The first kappa shape index (κ1) is 18.2. The van der Waals surface area contributed by atoms with Crippen LogP contribution in [0.4, 0.5) is 0 Å². The van der Waals surface area contributed by atoms with Gasteiger partial charge >= 0.3 is 0 Å². The van der Waals surface area contributed by atoms with E-state index in [-0.39, 0.29) is 6.10 Å². The highest BCUT2D eigenvalue weighted by molar-refractivity contribution is 5.80. The van der Waals surface area contributed by atoms with Gasteiger partial charge in [-0.15, -0.1) is 0 Å². The molecule has 0 aromatic carbocycles. The molecular weight excluding hydrogens is 316 g/mol. The molecule has 25 heavy (non-hydrogen) atoms. The number of guanidine groups is 1. The van der Waals surface area contributed by atoms with E-state index >= 15 is 0 Å². The molecule has 1 aromatic rings. The van der Waals surface area contributed by atoms with Gasteiger partial charge in [-0.3, -0.25) is 14.6 Å². The van der Waals surface area contributed by atoms with Gasteiger partial charge < -0.3 is 15.0 Å². The number of hydrogen-bond donors (Lipinski definition) is 1. The van der Waals surface area contributed by atoms with E-state index in [2.05, 4.69) is 41.1 Å². The normalized spacial score (nSPS) is 23.2. The van der Waals surface area contributed by atoms with Gasteiger partial charge in [0.25, 0.3) is 0 Å². The van der Waals surface area contributed by atoms with Crippen molar-refractivity contribution >= 4 is 5.96 Å². The maximum absolute atomic E-state index is 5.95. The quantitative estimate of drug-likeness (QED) is 0.619. The van der Waals surface area contributed by atoms with Crippen LogP contribution in [-0.2, 0) is 11.8 Å². The molecule has 0 radical (unpaired) electrons. The highest BCUT2D eigenvalue weighted by Gasteiger charge is 2.29. The number of aryl methyl sites for hydroxylation is 1. The fourth-order valence-corrected chi connectivity index (χ4v) is 3.26. The van der Waals surface area contributed by atoms with Crippen LogP contribution in [0.5, 0.6) is 0 Å². The molecule has 3 rings (SSSR count). The molecule has 1 saturated carbocycles. The number of rotatable bonds is 6. The van der Waals surface area contributed by atoms with Crippen molar-refractivity contribution in [1.29, 1.82) is 0 Å². The second-order valence-electron chi connectivity index (χ2n) is 7.19. The number of likely N-dealkylation sites (N-methyl/N-ethyl adjacent to an activating group) is 1. The van der Waals surface area contributed by atoms with Crippen LogP contribution >= 0.6 is 0 Å². The fraction of sp³-hybridized carbons (Fsp3) is 0.778. The van der Waals surface area contributed by atoms with Crippen molar-refractivity contribution in [3.8, 4) is 0 Å². The molecule has 2 aliphatic rings. The largest absolute Gasteiger partial charge is 0.370 e. The molecule has 140 valence electrons. The summed E-state index contributed by atoms with van der Waals surface area (Å²) in [6, 6.07) is 1.24. The SMILES string of the molecule is CCNC(=NCC(C)N(C)C1CC1)N1CCOC(c2cnn(C)c2)C1. The number of hydrogen-bond acceptors (Lipinski definition) is 4. The van der Waals surface area contributed by atoms with Gasteiger partial charge in [-0.25, -0.2) is 0 Å². The second-order valence-corrected chi connectivity index (χ2v) is 7.19. The number of nitrogens with zero attached hydrogens (tertiary/aromatic N) is 5. The van der Waals surface area contributed by atoms with Crippen molar-refractivity contribution in [1.82, 2.24) is 24.9 Å². The molecule has 2 unspecified atom stereocenters. The van der Waals surface area contributed by atoms with Crippen molar-refractivity contribution in [2.45, 2.75) is 44.9 Å². The highest BCUT2D eigenvalue weighted by Crippen LogP contribution is 2.27. The Kier molecular flexibility index (Phi) is 5.96. The highest BCUT2D eigenvalue weighted by atomic mass is 16.5. The minimum absolute atomic E-state index is 0.0536. The summed E-state index contributed by atoms with van der Waals surface area (Å²) in [7, 11) is 4.16. The van der Waals surface area contributed by atoms with Gasteiger partial charge in [0.1, 0.15) is 6.10 Å². The third-order valence-corrected chi connectivity index (χ3v) is 5.12. The van der Waals surface area contributed by atoms with E-state index in [1.54, 1.807) is 0 Å². The lowest BCUT2D eigenvalue weighted by molar-refractivity contribution is -0.00807. The van der Waals surface area contributed by atoms with Crippen LogP contribution in [-0.4, -0.2) is 77.5 Å². The smallest absolute Gasteiger partial charge is 0.194 e. The summed E-state index contributed by atoms with van der Waals surface area (Å²) < 4.78 is 7.78. The van der Waals surface area contributed by atoms with Crippen LogP contribution in [0, 0.1) is 0 Å². The molecule has 0 spiro atoms. The average Bonchev–Trinajstić information content (AvgIpc) is 3.38. The first-order chi connectivity index (χ1) is 12.1. The van der Waals surface area contributed by atoms with E-state index < -0.39 is 0 Å². The predicted molar refractivity (Wildman–Crippen MR) is 99.7 cm³/mol. The van der Waals surface area contributed by atoms with Gasteiger partial charge in [-0.1, -0.05) is 0 Å². The van der Waals surface area contributed by atoms with Gasteiger partial charge in [0.2, 0.25) is 0 Å². The summed E-state index contributed by atoms with van der Waals surface area (Å²) >= 11 is 0. The molecular formula is C18H32N6O. The Balaban J connectivity index is 1.63. The third kappa shape index (κ3) is 4.73. The Labute approximate surface area is 151 Å². The van der Waals surface area contributed by atoms with Gasteiger partial charge in [0.15, 0.2) is 5.96 Å². The Morgan fingerprint density at radius 2 is 2.32 bits per heavy atom. The first-order valence-electron chi connectivity index (χ1n) is 9.43. The molecule has 1 aliphatic carbocycles. The van der Waals surface area contributed by atoms with Crippen LogP contribution in [0.15, 0.2) is 17.4 Å². The van der Waals surface area contributed by atoms with Crippen molar-refractivity contribution in [2.75, 3.05) is 39.8 Å². The summed E-state index contributed by atoms with van der Waals surface area (Å²) in [5, 5.41) is 7.72. The van der Waals surface area contributed by atoms with Crippen molar-refractivity contribution in [2.24, 2.45) is 12.0 Å². The van der Waals surface area contributed by atoms with Crippen molar-refractivity contribution in [3.63, 3.8) is 0 Å². The Morgan fingerprint density at radius 3 is 2.96 bits per heavy atom. The van der Waals surface area contributed by atoms with Crippen molar-refractivity contribution in [3.05, 3.63) is 18.0 Å². The number of ether oxygens (including phenoxy) is 1. The fourth-order valence-electron chi connectivity index (χ4n) is 3.26. The maximum atomic E-state index is 5.95. The zero-order valence-corrected chi connectivity index (χ0v) is 16.0. The van der Waals surface area contributed by atoms with E-state index in [4.69, 9.17) is 9.73 Å². The summed E-state index contributed by atoms with van der Waals surface area (Å²) in [6.45, 7) is 8.48. The lowest BCUT2D eigenvalue weighted by Crippen LogP contribution is -2.48. The number of aliphatic imine (C=N–C) groups is 1. The predicted octanol–water partition coefficient (Wildman–Crippen LogP) is 1.24. The molecule has 7 nitrogen and oxygen atoms in total. The topological polar surface area (TPSA) is 57.9 Å². The summed E-state index contributed by atoms with van der Waals surface area (Å²) in [5.74, 6) is 0.996. The standard InChI is InChI=1S/C18H32N6O/c1-5-19-18(20-10-14(2)23(4)16-6-7-16)24-8-9-25-17(13-24)15-11-21-22(3)12-15/h11-12,14,16-17H,5-10,13H2,1-4H3,(H,19,20). The monoisotopic (exact) mass is 348 g/mol. The van der Waals surface area contributed by atoms with E-state index in [0.717, 1.165) is 43.7 Å². The van der Waals surface area contributed by atoms with E-state index in [0.29, 0.717) is 12.6 Å². The van der Waals surface area contributed by atoms with Crippen molar-refractivity contribution < 1.29 is 4.74 Å². The number of aromatic nitrogens is 2. The molecule has 2 heterocycles. The lowest BCUT2D eigenvalue weighted by Gasteiger charge is -2.35. The zero-order chi connectivity index (χ0) is 17.8. The van der Waals surface area contributed by atoms with Crippen LogP contribution in [0.2, 0.25) is 0 Å². The molecule has 1 aromatic heterocycles. The molecule has 0 amide bonds. The molecule has 2 fully saturated rings. The zero-order valence-electron chi connectivity index (χ0n) is 16.0. The minimum atomic E-state index is 0.0536. The number of nitrogens with one attached hydrogen (secondary N) is 1. The molecule has 1 saturated heterocycles. The van der Waals surface area contributed by atoms with E-state index in [1.807, 2.05) is 24.1 Å². The summed E-state index contributed by atoms with van der Waals surface area (Å²) in [6.07, 6.45) is 6.65. The molecule has 0 bridgehead atoms. The van der Waals surface area contributed by atoms with Gasteiger partial charge in [0.05, 0.1) is 25.9 Å². The van der Waals surface area contributed by atoms with Crippen LogP contribution < -0.4 is 5.32 Å². The Morgan fingerprint density at radius 1 is 1.52 bits per heavy atom. The molecule has 2 atom stereocenters. The van der Waals surface area contributed by atoms with E-state index in [9.17, 15) is 0 Å². The summed E-state index contributed by atoms with van der Waals surface area (Å²) in [5.41, 5.74) is 1.13. The van der Waals surface area contributed by atoms with Crippen LogP contribution in [0.25, 0.3) is 0 Å². The summed E-state index contributed by atoms with van der Waals surface area (Å²) in [4.78, 5) is 9.69. The molecule has 7 heteroatoms. The van der Waals surface area contributed by atoms with Crippen LogP contribution in [0.3, 0.4) is 0 Å². The minimum Gasteiger partial charge on any atom is -0.370 e. The van der Waals surface area contributed by atoms with Gasteiger partial charge in [-0.2, -0.15) is 5.10 Å². The lowest BCUT2D eigenvalue weighted by atomic mass is 10.1. The molecule has 1 aliphatic heterocycles. The third-order valence-electron chi connectivity index (χ3n) is 5.12. The van der Waals surface area contributed by atoms with E-state index in [1.165, 1.54) is 12.8 Å².